The van der Waals surface area contributed by atoms with E-state index in [-0.39, 0.29) is 0 Å². The molecule has 14 heavy (non-hydrogen) atoms. The van der Waals surface area contributed by atoms with Crippen LogP contribution in [0.2, 0.25) is 0 Å². The number of rotatable bonds is 3. The van der Waals surface area contributed by atoms with E-state index in [4.69, 9.17) is 0 Å². The van der Waals surface area contributed by atoms with Crippen LogP contribution in [0.4, 0.5) is 0 Å². The van der Waals surface area contributed by atoms with Crippen LogP contribution in [0.3, 0.4) is 0 Å². The van der Waals surface area contributed by atoms with Gasteiger partial charge in [-0.3, -0.25) is 0 Å². The molecule has 0 nitrogen and oxygen atoms in total. The Morgan fingerprint density at radius 3 is 2.36 bits per heavy atom. The highest BCUT2D eigenvalue weighted by atomic mass is 14.3. The summed E-state index contributed by atoms with van der Waals surface area (Å²) in [5.74, 6) is 1.42. The number of hydrogen-bond donors (Lipinski definition) is 0. The van der Waals surface area contributed by atoms with Crippen molar-refractivity contribution in [3.8, 4) is 0 Å². The van der Waals surface area contributed by atoms with Gasteiger partial charge in [-0.15, -0.1) is 6.58 Å². The van der Waals surface area contributed by atoms with Crippen LogP contribution >= 0.6 is 0 Å². The van der Waals surface area contributed by atoms with Crippen molar-refractivity contribution < 1.29 is 0 Å². The molecule has 0 radical (unpaired) electrons. The summed E-state index contributed by atoms with van der Waals surface area (Å²) in [5.41, 5.74) is 1.44. The molecule has 0 saturated heterocycles. The molecule has 2 rings (SSSR count). The SMILES string of the molecule is C=C[C@H](c1ccccc1)C1CCCC1. The van der Waals surface area contributed by atoms with Gasteiger partial charge < -0.3 is 0 Å². The van der Waals surface area contributed by atoms with Gasteiger partial charge in [-0.05, 0) is 24.3 Å². The Kier molecular flexibility index (Phi) is 3.03. The van der Waals surface area contributed by atoms with Gasteiger partial charge in [0.1, 0.15) is 0 Å². The third-order valence-electron chi connectivity index (χ3n) is 3.35. The first kappa shape index (κ1) is 9.51. The maximum Gasteiger partial charge on any atom is 0.00435 e. The molecule has 1 fully saturated rings. The summed E-state index contributed by atoms with van der Waals surface area (Å²) >= 11 is 0. The summed E-state index contributed by atoms with van der Waals surface area (Å²) < 4.78 is 0. The van der Waals surface area contributed by atoms with E-state index in [9.17, 15) is 0 Å². The molecule has 74 valence electrons. The quantitative estimate of drug-likeness (QED) is 0.622. The topological polar surface area (TPSA) is 0 Å². The monoisotopic (exact) mass is 186 g/mol. The fourth-order valence-electron chi connectivity index (χ4n) is 2.59. The second kappa shape index (κ2) is 4.45. The summed E-state index contributed by atoms with van der Waals surface area (Å²) in [6, 6.07) is 10.8. The zero-order valence-electron chi connectivity index (χ0n) is 8.65. The first-order valence-electron chi connectivity index (χ1n) is 5.59. The predicted octanol–water partition coefficient (Wildman–Crippen LogP) is 4.15. The van der Waals surface area contributed by atoms with Gasteiger partial charge in [-0.1, -0.05) is 49.2 Å². The van der Waals surface area contributed by atoms with E-state index in [1.807, 2.05) is 0 Å². The summed E-state index contributed by atoms with van der Waals surface area (Å²) in [7, 11) is 0. The van der Waals surface area contributed by atoms with Crippen molar-refractivity contribution in [3.05, 3.63) is 48.6 Å². The second-order valence-corrected chi connectivity index (χ2v) is 4.22. The first-order valence-corrected chi connectivity index (χ1v) is 5.59. The zero-order valence-corrected chi connectivity index (χ0v) is 8.65. The predicted molar refractivity (Wildman–Crippen MR) is 61.3 cm³/mol. The molecule has 1 aliphatic carbocycles. The van der Waals surface area contributed by atoms with Crippen LogP contribution in [-0.2, 0) is 0 Å². The third kappa shape index (κ3) is 1.89. The Bertz CT molecular complexity index is 280. The molecule has 1 aromatic carbocycles. The van der Waals surface area contributed by atoms with Gasteiger partial charge in [-0.25, -0.2) is 0 Å². The van der Waals surface area contributed by atoms with Gasteiger partial charge >= 0.3 is 0 Å². The van der Waals surface area contributed by atoms with E-state index in [1.54, 1.807) is 0 Å². The smallest absolute Gasteiger partial charge is 0.00435 e. The molecular formula is C14H18. The molecule has 0 N–H and O–H groups in total. The molecule has 1 saturated carbocycles. The number of hydrogen-bond acceptors (Lipinski definition) is 0. The van der Waals surface area contributed by atoms with Crippen LogP contribution in [0.25, 0.3) is 0 Å². The Balaban J connectivity index is 2.16. The van der Waals surface area contributed by atoms with E-state index in [0.29, 0.717) is 5.92 Å². The molecule has 1 atom stereocenters. The summed E-state index contributed by atoms with van der Waals surface area (Å²) in [5, 5.41) is 0. The lowest BCUT2D eigenvalue weighted by molar-refractivity contribution is 0.494. The van der Waals surface area contributed by atoms with E-state index in [2.05, 4.69) is 43.0 Å². The lowest BCUT2D eigenvalue weighted by atomic mass is 9.85. The summed E-state index contributed by atoms with van der Waals surface area (Å²) in [4.78, 5) is 0. The minimum Gasteiger partial charge on any atom is -0.102 e. The van der Waals surface area contributed by atoms with Crippen molar-refractivity contribution >= 4 is 0 Å². The highest BCUT2D eigenvalue weighted by Gasteiger charge is 2.23. The molecule has 1 aromatic rings. The Morgan fingerprint density at radius 2 is 1.79 bits per heavy atom. The van der Waals surface area contributed by atoms with Crippen LogP contribution in [-0.4, -0.2) is 0 Å². The van der Waals surface area contributed by atoms with Gasteiger partial charge in [0.15, 0.2) is 0 Å². The largest absolute Gasteiger partial charge is 0.102 e. The maximum absolute atomic E-state index is 3.98. The van der Waals surface area contributed by atoms with Gasteiger partial charge in [-0.2, -0.15) is 0 Å². The van der Waals surface area contributed by atoms with Crippen molar-refractivity contribution in [2.45, 2.75) is 31.6 Å². The molecule has 0 aliphatic heterocycles. The minimum atomic E-state index is 0.582. The van der Waals surface area contributed by atoms with Gasteiger partial charge in [0.25, 0.3) is 0 Å². The van der Waals surface area contributed by atoms with Crippen LogP contribution in [0.15, 0.2) is 43.0 Å². The molecule has 0 bridgehead atoms. The van der Waals surface area contributed by atoms with Crippen LogP contribution in [0.1, 0.15) is 37.2 Å². The molecule has 0 spiro atoms. The summed E-state index contributed by atoms with van der Waals surface area (Å²) in [6.45, 7) is 3.98. The first-order chi connectivity index (χ1) is 6.92. The molecule has 0 heteroatoms. The Labute approximate surface area is 86.7 Å². The highest BCUT2D eigenvalue weighted by Crippen LogP contribution is 2.37. The fourth-order valence-corrected chi connectivity index (χ4v) is 2.59. The highest BCUT2D eigenvalue weighted by molar-refractivity contribution is 5.24. The standard InChI is InChI=1S/C14H18/c1-2-14(13-10-6-7-11-13)12-8-4-3-5-9-12/h2-5,8-9,13-14H,1,6-7,10-11H2/t14-/m1/s1. The van der Waals surface area contributed by atoms with Crippen molar-refractivity contribution in [3.63, 3.8) is 0 Å². The van der Waals surface area contributed by atoms with Crippen molar-refractivity contribution in [1.29, 1.82) is 0 Å². The molecule has 0 unspecified atom stereocenters. The third-order valence-corrected chi connectivity index (χ3v) is 3.35. The van der Waals surface area contributed by atoms with Crippen molar-refractivity contribution in [2.75, 3.05) is 0 Å². The van der Waals surface area contributed by atoms with E-state index in [0.717, 1.165) is 5.92 Å². The van der Waals surface area contributed by atoms with Gasteiger partial charge in [0, 0.05) is 5.92 Å². The minimum absolute atomic E-state index is 0.582. The maximum atomic E-state index is 3.98. The molecule has 0 heterocycles. The van der Waals surface area contributed by atoms with E-state index < -0.39 is 0 Å². The fraction of sp³-hybridized carbons (Fsp3) is 0.429. The van der Waals surface area contributed by atoms with Gasteiger partial charge in [0.05, 0.1) is 0 Å². The van der Waals surface area contributed by atoms with Crippen molar-refractivity contribution in [2.24, 2.45) is 5.92 Å². The Hall–Kier alpha value is -1.04. The van der Waals surface area contributed by atoms with E-state index >= 15 is 0 Å². The molecule has 0 amide bonds. The van der Waals surface area contributed by atoms with Crippen molar-refractivity contribution in [1.82, 2.24) is 0 Å². The van der Waals surface area contributed by atoms with Crippen LogP contribution < -0.4 is 0 Å². The Morgan fingerprint density at radius 1 is 1.14 bits per heavy atom. The second-order valence-electron chi connectivity index (χ2n) is 4.22. The van der Waals surface area contributed by atoms with E-state index in [1.165, 1.54) is 31.2 Å². The average Bonchev–Trinajstić information content (AvgIpc) is 2.74. The lowest BCUT2D eigenvalue weighted by Gasteiger charge is -2.19. The molecule has 0 aromatic heterocycles. The molecule has 1 aliphatic rings. The summed E-state index contributed by atoms with van der Waals surface area (Å²) in [6.07, 6.45) is 7.70. The van der Waals surface area contributed by atoms with Crippen LogP contribution in [0.5, 0.6) is 0 Å². The lowest BCUT2D eigenvalue weighted by Crippen LogP contribution is -2.06. The number of benzene rings is 1. The number of allylic oxidation sites excluding steroid dienone is 1. The normalized spacial score (nSPS) is 19.4. The van der Waals surface area contributed by atoms with Gasteiger partial charge in [0.2, 0.25) is 0 Å². The van der Waals surface area contributed by atoms with Crippen LogP contribution in [0, 0.1) is 5.92 Å². The zero-order chi connectivity index (χ0) is 9.80. The molecular weight excluding hydrogens is 168 g/mol. The average molecular weight is 186 g/mol.